The molecule has 7 amide bonds. The van der Waals surface area contributed by atoms with Crippen molar-refractivity contribution in [3.05, 3.63) is 83.2 Å². The van der Waals surface area contributed by atoms with Gasteiger partial charge in [0.05, 0.1) is 18.7 Å². The van der Waals surface area contributed by atoms with Crippen LogP contribution in [0.2, 0.25) is 0 Å². The van der Waals surface area contributed by atoms with Crippen LogP contribution in [0.25, 0.3) is 31.8 Å². The summed E-state index contributed by atoms with van der Waals surface area (Å²) in [6.07, 6.45) is 3.44. The van der Waals surface area contributed by atoms with Crippen molar-refractivity contribution in [3.8, 4) is 21.7 Å². The van der Waals surface area contributed by atoms with Crippen LogP contribution in [0.5, 0.6) is 0 Å². The molecule has 2 fully saturated rings. The van der Waals surface area contributed by atoms with Crippen LogP contribution in [-0.4, -0.2) is 105 Å². The molecule has 7 N–H and O–H groups in total. The zero-order chi connectivity index (χ0) is 46.7. The van der Waals surface area contributed by atoms with Gasteiger partial charge in [-0.2, -0.15) is 0 Å². The standard InChI is InChI=1S/C47H56N10O7S2/c1-3-28(2)43-47(64)56-25-32(57-26-36(54-55-57)29-13-15-30(16-14-29)38-12-9-21-65-38)23-37(56)46(63)52-34(22-31-27-66-39-11-6-5-10-33(31)39)44(61)50-20-8-4-7-19-49-41(59)17-18-42(60)51-35(24-40(48)58)45(62)53-43/h5-6,9-16,21,26-28,32,34-35,37,43H,3-4,7-8,17-20,22-25H2,1-2H3,(H2,48,58)(H,49,59)(H,50,61)(H,51,60)(H,52,63)(H,53,62)/t28-,32-,34-,35-,37-,43-/m0/s1. The van der Waals surface area contributed by atoms with Gasteiger partial charge in [0.1, 0.15) is 29.9 Å². The molecule has 6 atom stereocenters. The predicted octanol–water partition coefficient (Wildman–Crippen LogP) is 3.85. The van der Waals surface area contributed by atoms with Crippen LogP contribution in [0.1, 0.15) is 76.8 Å². The Labute approximate surface area is 390 Å². The van der Waals surface area contributed by atoms with E-state index in [1.807, 2.05) is 72.3 Å². The Bertz CT molecular complexity index is 2520. The van der Waals surface area contributed by atoms with E-state index in [2.05, 4.69) is 43.0 Å². The van der Waals surface area contributed by atoms with E-state index in [9.17, 15) is 33.6 Å². The molecule has 17 nitrogen and oxygen atoms in total. The number of thiophene rings is 2. The number of hydrogen-bond acceptors (Lipinski definition) is 11. The maximum Gasteiger partial charge on any atom is 0.246 e. The van der Waals surface area contributed by atoms with E-state index < -0.39 is 72.1 Å². The molecule has 0 aliphatic carbocycles. The predicted molar refractivity (Wildman–Crippen MR) is 252 cm³/mol. The summed E-state index contributed by atoms with van der Waals surface area (Å²) in [6, 6.07) is 14.6. The number of aromatic nitrogens is 3. The largest absolute Gasteiger partial charge is 0.370 e. The van der Waals surface area contributed by atoms with Crippen LogP contribution >= 0.6 is 22.7 Å². The summed E-state index contributed by atoms with van der Waals surface area (Å²) in [6.45, 7) is 4.31. The number of nitrogens with zero attached hydrogens (tertiary/aromatic N) is 4. The number of carbonyl (C=O) groups excluding carboxylic acids is 7. The van der Waals surface area contributed by atoms with E-state index in [1.54, 1.807) is 40.5 Å². The van der Waals surface area contributed by atoms with Crippen molar-refractivity contribution in [1.29, 1.82) is 0 Å². The number of nitrogens with one attached hydrogen (secondary N) is 5. The van der Waals surface area contributed by atoms with Crippen molar-refractivity contribution in [2.24, 2.45) is 11.7 Å². The molecule has 0 unspecified atom stereocenters. The van der Waals surface area contributed by atoms with Gasteiger partial charge in [0.15, 0.2) is 0 Å². The summed E-state index contributed by atoms with van der Waals surface area (Å²) < 4.78 is 2.68. The Morgan fingerprint density at radius 1 is 0.818 bits per heavy atom. The van der Waals surface area contributed by atoms with E-state index in [1.165, 1.54) is 4.90 Å². The highest BCUT2D eigenvalue weighted by Gasteiger charge is 2.45. The van der Waals surface area contributed by atoms with Crippen LogP contribution in [0.4, 0.5) is 0 Å². The summed E-state index contributed by atoms with van der Waals surface area (Å²) in [5.74, 6) is -4.70. The van der Waals surface area contributed by atoms with Crippen LogP contribution in [0.3, 0.4) is 0 Å². The Kier molecular flexibility index (Phi) is 15.9. The summed E-state index contributed by atoms with van der Waals surface area (Å²) in [5.41, 5.74) is 8.89. The van der Waals surface area contributed by atoms with Crippen molar-refractivity contribution in [1.82, 2.24) is 46.5 Å². The molecule has 66 heavy (non-hydrogen) atoms. The van der Waals surface area contributed by atoms with Gasteiger partial charge >= 0.3 is 0 Å². The van der Waals surface area contributed by atoms with Gasteiger partial charge in [0, 0.05) is 60.5 Å². The molecule has 7 rings (SSSR count). The summed E-state index contributed by atoms with van der Waals surface area (Å²) >= 11 is 3.19. The van der Waals surface area contributed by atoms with E-state index in [4.69, 9.17) is 5.73 Å². The minimum absolute atomic E-state index is 0.00931. The van der Waals surface area contributed by atoms with E-state index in [0.717, 1.165) is 31.7 Å². The van der Waals surface area contributed by atoms with Gasteiger partial charge in [-0.1, -0.05) is 74.0 Å². The molecule has 0 spiro atoms. The zero-order valence-electron chi connectivity index (χ0n) is 37.0. The molecule has 2 saturated heterocycles. The first-order valence-corrected chi connectivity index (χ1v) is 24.2. The van der Waals surface area contributed by atoms with Gasteiger partial charge in [-0.3, -0.25) is 33.6 Å². The molecular formula is C47H56N10O7S2. The summed E-state index contributed by atoms with van der Waals surface area (Å²) in [7, 11) is 0. The fourth-order valence-electron chi connectivity index (χ4n) is 8.32. The Balaban J connectivity index is 1.21. The Morgan fingerprint density at radius 3 is 2.30 bits per heavy atom. The Hall–Kier alpha value is -6.47. The molecular weight excluding hydrogens is 881 g/mol. The maximum absolute atomic E-state index is 15.0. The second-order valence-corrected chi connectivity index (χ2v) is 18.8. The first kappa shape index (κ1) is 47.5. The van der Waals surface area contributed by atoms with Gasteiger partial charge in [0.2, 0.25) is 41.4 Å². The van der Waals surface area contributed by atoms with E-state index >= 15 is 0 Å². The maximum atomic E-state index is 15.0. The topological polar surface area (TPSA) is 240 Å². The van der Waals surface area contributed by atoms with Crippen LogP contribution in [0, 0.1) is 5.92 Å². The van der Waals surface area contributed by atoms with Crippen LogP contribution in [-0.2, 0) is 40.0 Å². The van der Waals surface area contributed by atoms with Crippen molar-refractivity contribution < 1.29 is 33.6 Å². The number of fused-ring (bicyclic) bond motifs is 2. The normalized spacial score (nSPS) is 22.7. The highest BCUT2D eigenvalue weighted by atomic mass is 32.1. The monoisotopic (exact) mass is 936 g/mol. The van der Waals surface area contributed by atoms with Gasteiger partial charge in [-0.05, 0) is 64.6 Å². The lowest BCUT2D eigenvalue weighted by molar-refractivity contribution is -0.143. The minimum atomic E-state index is -1.44. The highest BCUT2D eigenvalue weighted by Crippen LogP contribution is 2.32. The van der Waals surface area contributed by atoms with Crippen molar-refractivity contribution in [2.45, 2.75) is 102 Å². The fourth-order valence-corrected chi connectivity index (χ4v) is 10.0. The molecule has 5 aromatic rings. The average molecular weight is 937 g/mol. The molecule has 2 aliphatic rings. The highest BCUT2D eigenvalue weighted by molar-refractivity contribution is 7.17. The lowest BCUT2D eigenvalue weighted by atomic mass is 9.96. The number of rotatable bonds is 9. The van der Waals surface area contributed by atoms with Crippen molar-refractivity contribution in [2.75, 3.05) is 19.6 Å². The Morgan fingerprint density at radius 2 is 1.56 bits per heavy atom. The number of hydrogen-bond donors (Lipinski definition) is 6. The summed E-state index contributed by atoms with van der Waals surface area (Å²) in [4.78, 5) is 98.2. The number of nitrogens with two attached hydrogens (primary N) is 1. The lowest BCUT2D eigenvalue weighted by Crippen LogP contribution is -2.59. The van der Waals surface area contributed by atoms with Crippen molar-refractivity contribution >= 4 is 74.1 Å². The molecule has 0 radical (unpaired) electrons. The van der Waals surface area contributed by atoms with Gasteiger partial charge in [-0.15, -0.1) is 27.8 Å². The number of benzene rings is 2. The first-order valence-electron chi connectivity index (χ1n) is 22.4. The van der Waals surface area contributed by atoms with Gasteiger partial charge in [-0.25, -0.2) is 4.68 Å². The molecule has 2 aliphatic heterocycles. The second-order valence-electron chi connectivity index (χ2n) is 16.9. The zero-order valence-corrected chi connectivity index (χ0v) is 38.6. The van der Waals surface area contributed by atoms with Gasteiger partial charge in [0.25, 0.3) is 0 Å². The van der Waals surface area contributed by atoms with Crippen LogP contribution < -0.4 is 32.3 Å². The molecule has 2 aromatic carbocycles. The molecule has 3 aromatic heterocycles. The quantitative estimate of drug-likeness (QED) is 0.126. The molecule has 0 bridgehead atoms. The lowest BCUT2D eigenvalue weighted by Gasteiger charge is -2.32. The third-order valence-electron chi connectivity index (χ3n) is 12.2. The second kappa shape index (κ2) is 22.1. The number of primary amides is 1. The smallest absolute Gasteiger partial charge is 0.246 e. The molecule has 348 valence electrons. The van der Waals surface area contributed by atoms with E-state index in [-0.39, 0.29) is 44.0 Å². The third-order valence-corrected chi connectivity index (χ3v) is 14.2. The SMILES string of the molecule is CC[C@H](C)[C@@H]1NC(=O)[C@H](CC(N)=O)NC(=O)CCC(=O)NCCCCCNC(=O)[C@H](Cc2csc3ccccc23)NC(=O)[C@@H]2C[C@H](n3cc(-c4ccc(-c5cccs5)cc4)nn3)CN2C1=O. The van der Waals surface area contributed by atoms with Crippen molar-refractivity contribution in [3.63, 3.8) is 0 Å². The first-order chi connectivity index (χ1) is 31.9. The number of amides is 7. The molecule has 0 saturated carbocycles. The third kappa shape index (κ3) is 11.9. The minimum Gasteiger partial charge on any atom is -0.370 e. The summed E-state index contributed by atoms with van der Waals surface area (Å²) in [5, 5.41) is 28.0. The van der Waals surface area contributed by atoms with E-state index in [0.29, 0.717) is 44.5 Å². The molecule has 5 heterocycles. The average Bonchev–Trinajstić information content (AvgIpc) is 4.16. The number of carbonyl (C=O) groups is 7. The molecule has 19 heteroatoms. The van der Waals surface area contributed by atoms with Gasteiger partial charge < -0.3 is 37.2 Å². The fraction of sp³-hybridized carbons (Fsp3) is 0.426. The van der Waals surface area contributed by atoms with Crippen LogP contribution in [0.15, 0.2) is 77.6 Å².